The van der Waals surface area contributed by atoms with Crippen molar-refractivity contribution in [1.29, 1.82) is 0 Å². The van der Waals surface area contributed by atoms with Crippen molar-refractivity contribution >= 4 is 23.2 Å². The first-order valence-corrected chi connectivity index (χ1v) is 7.03. The number of halogens is 2. The topological polar surface area (TPSA) is 29.5 Å². The molecule has 1 atom stereocenters. The highest BCUT2D eigenvalue weighted by Crippen LogP contribution is 2.31. The molecule has 2 rings (SSSR count). The van der Waals surface area contributed by atoms with Crippen LogP contribution in [0.15, 0.2) is 36.4 Å². The Hall–Kier alpha value is -1.22. The molecular formula is C16H16Cl2O2. The van der Waals surface area contributed by atoms with E-state index in [0.29, 0.717) is 22.2 Å². The van der Waals surface area contributed by atoms with Crippen molar-refractivity contribution in [2.45, 2.75) is 19.4 Å². The first kappa shape index (κ1) is 15.2. The Labute approximate surface area is 128 Å². The lowest BCUT2D eigenvalue weighted by atomic mass is 9.99. The Morgan fingerprint density at radius 3 is 2.60 bits per heavy atom. The van der Waals surface area contributed by atoms with Gasteiger partial charge in [0.1, 0.15) is 5.75 Å². The maximum absolute atomic E-state index is 10.4. The van der Waals surface area contributed by atoms with Gasteiger partial charge in [0.15, 0.2) is 0 Å². The maximum atomic E-state index is 10.4. The number of aliphatic hydroxyl groups excluding tert-OH is 1. The van der Waals surface area contributed by atoms with Gasteiger partial charge in [-0.25, -0.2) is 0 Å². The fourth-order valence-corrected chi connectivity index (χ4v) is 2.52. The summed E-state index contributed by atoms with van der Waals surface area (Å²) in [6.45, 7) is 1.97. The van der Waals surface area contributed by atoms with E-state index in [1.165, 1.54) is 0 Å². The molecule has 0 aromatic heterocycles. The van der Waals surface area contributed by atoms with E-state index in [1.807, 2.05) is 25.1 Å². The van der Waals surface area contributed by atoms with Crippen LogP contribution in [0.25, 0.3) is 0 Å². The fraction of sp³-hybridized carbons (Fsp3) is 0.250. The molecule has 2 nitrogen and oxygen atoms in total. The van der Waals surface area contributed by atoms with Crippen LogP contribution in [0.2, 0.25) is 10.0 Å². The zero-order valence-electron chi connectivity index (χ0n) is 11.4. The van der Waals surface area contributed by atoms with Gasteiger partial charge in [0.25, 0.3) is 0 Å². The van der Waals surface area contributed by atoms with Crippen molar-refractivity contribution in [3.8, 4) is 5.75 Å². The van der Waals surface area contributed by atoms with Crippen LogP contribution in [-0.4, -0.2) is 12.2 Å². The van der Waals surface area contributed by atoms with Gasteiger partial charge in [-0.05, 0) is 42.8 Å². The summed E-state index contributed by atoms with van der Waals surface area (Å²) in [5, 5.41) is 11.6. The molecule has 4 heteroatoms. The van der Waals surface area contributed by atoms with Gasteiger partial charge in [-0.15, -0.1) is 0 Å². The Balaban J connectivity index is 2.30. The minimum Gasteiger partial charge on any atom is -0.496 e. The number of methoxy groups -OCH3 is 1. The SMILES string of the molecule is COc1ccc(C)cc1C(O)Cc1cc(Cl)ccc1Cl. The summed E-state index contributed by atoms with van der Waals surface area (Å²) in [6, 6.07) is 11.0. The molecule has 2 aromatic carbocycles. The predicted molar refractivity (Wildman–Crippen MR) is 82.9 cm³/mol. The lowest BCUT2D eigenvalue weighted by Gasteiger charge is -2.16. The smallest absolute Gasteiger partial charge is 0.124 e. The van der Waals surface area contributed by atoms with E-state index in [1.54, 1.807) is 25.3 Å². The zero-order valence-corrected chi connectivity index (χ0v) is 12.9. The molecule has 0 aliphatic carbocycles. The average Bonchev–Trinajstić information content (AvgIpc) is 2.42. The number of benzene rings is 2. The van der Waals surface area contributed by atoms with Crippen LogP contribution in [0.4, 0.5) is 0 Å². The molecule has 1 unspecified atom stereocenters. The first-order valence-electron chi connectivity index (χ1n) is 6.28. The summed E-state index contributed by atoms with van der Waals surface area (Å²) in [5.41, 5.74) is 2.64. The van der Waals surface area contributed by atoms with Crippen LogP contribution < -0.4 is 4.74 Å². The number of aliphatic hydroxyl groups is 1. The summed E-state index contributed by atoms with van der Waals surface area (Å²) in [7, 11) is 1.59. The Morgan fingerprint density at radius 2 is 1.90 bits per heavy atom. The van der Waals surface area contributed by atoms with Crippen LogP contribution >= 0.6 is 23.2 Å². The molecule has 20 heavy (non-hydrogen) atoms. The highest BCUT2D eigenvalue weighted by molar-refractivity contribution is 6.33. The molecule has 0 heterocycles. The molecule has 0 aliphatic rings. The van der Waals surface area contributed by atoms with Crippen molar-refractivity contribution in [3.63, 3.8) is 0 Å². The lowest BCUT2D eigenvalue weighted by molar-refractivity contribution is 0.174. The average molecular weight is 311 g/mol. The normalized spacial score (nSPS) is 12.2. The largest absolute Gasteiger partial charge is 0.496 e. The van der Waals surface area contributed by atoms with E-state index in [2.05, 4.69) is 0 Å². The van der Waals surface area contributed by atoms with Gasteiger partial charge in [0.05, 0.1) is 13.2 Å². The Kier molecular flexibility index (Phi) is 4.92. The van der Waals surface area contributed by atoms with E-state index in [9.17, 15) is 5.11 Å². The van der Waals surface area contributed by atoms with Crippen LogP contribution in [0.1, 0.15) is 22.8 Å². The molecule has 0 saturated carbocycles. The molecule has 0 saturated heterocycles. The summed E-state index contributed by atoms with van der Waals surface area (Å²) in [4.78, 5) is 0. The zero-order chi connectivity index (χ0) is 14.7. The van der Waals surface area contributed by atoms with Gasteiger partial charge >= 0.3 is 0 Å². The maximum Gasteiger partial charge on any atom is 0.124 e. The van der Waals surface area contributed by atoms with E-state index >= 15 is 0 Å². The van der Waals surface area contributed by atoms with Crippen LogP contribution in [0.5, 0.6) is 5.75 Å². The van der Waals surface area contributed by atoms with E-state index in [0.717, 1.165) is 16.7 Å². The Bertz CT molecular complexity index is 611. The molecule has 0 amide bonds. The minimum absolute atomic E-state index is 0.388. The number of aryl methyl sites for hydroxylation is 1. The van der Waals surface area contributed by atoms with Gasteiger partial charge in [0.2, 0.25) is 0 Å². The molecular weight excluding hydrogens is 295 g/mol. The van der Waals surface area contributed by atoms with Gasteiger partial charge in [-0.3, -0.25) is 0 Å². The third-order valence-electron chi connectivity index (χ3n) is 3.17. The number of hydrogen-bond acceptors (Lipinski definition) is 2. The third-order valence-corrected chi connectivity index (χ3v) is 3.77. The number of rotatable bonds is 4. The summed E-state index contributed by atoms with van der Waals surface area (Å²) in [6.07, 6.45) is -0.306. The number of ether oxygens (including phenoxy) is 1. The van der Waals surface area contributed by atoms with Crippen molar-refractivity contribution in [2.24, 2.45) is 0 Å². The van der Waals surface area contributed by atoms with E-state index in [-0.39, 0.29) is 0 Å². The predicted octanol–water partition coefficient (Wildman–Crippen LogP) is 4.59. The van der Waals surface area contributed by atoms with E-state index in [4.69, 9.17) is 27.9 Å². The second kappa shape index (κ2) is 6.49. The molecule has 0 radical (unpaired) electrons. The highest BCUT2D eigenvalue weighted by Gasteiger charge is 2.16. The van der Waals surface area contributed by atoms with Gasteiger partial charge < -0.3 is 9.84 Å². The van der Waals surface area contributed by atoms with Crippen molar-refractivity contribution < 1.29 is 9.84 Å². The number of hydrogen-bond donors (Lipinski definition) is 1. The summed E-state index contributed by atoms with van der Waals surface area (Å²) < 4.78 is 5.29. The second-order valence-electron chi connectivity index (χ2n) is 4.70. The van der Waals surface area contributed by atoms with Crippen molar-refractivity contribution in [3.05, 3.63) is 63.1 Å². The lowest BCUT2D eigenvalue weighted by Crippen LogP contribution is -2.05. The highest BCUT2D eigenvalue weighted by atomic mass is 35.5. The molecule has 2 aromatic rings. The fourth-order valence-electron chi connectivity index (χ4n) is 2.13. The molecule has 0 fully saturated rings. The third kappa shape index (κ3) is 3.45. The van der Waals surface area contributed by atoms with Crippen LogP contribution in [0.3, 0.4) is 0 Å². The van der Waals surface area contributed by atoms with Crippen LogP contribution in [-0.2, 0) is 6.42 Å². The standard InChI is InChI=1S/C16H16Cl2O2/c1-10-3-6-16(20-2)13(7-10)15(19)9-11-8-12(17)4-5-14(11)18/h3-8,15,19H,9H2,1-2H3. The van der Waals surface area contributed by atoms with Gasteiger partial charge in [0, 0.05) is 22.0 Å². The van der Waals surface area contributed by atoms with Crippen LogP contribution in [0, 0.1) is 6.92 Å². The minimum atomic E-state index is -0.694. The van der Waals surface area contributed by atoms with Crippen molar-refractivity contribution in [2.75, 3.05) is 7.11 Å². The van der Waals surface area contributed by atoms with Gasteiger partial charge in [-0.1, -0.05) is 34.8 Å². The summed E-state index contributed by atoms with van der Waals surface area (Å²) >= 11 is 12.1. The Morgan fingerprint density at radius 1 is 1.15 bits per heavy atom. The molecule has 0 bridgehead atoms. The quantitative estimate of drug-likeness (QED) is 0.895. The molecule has 106 valence electrons. The molecule has 1 N–H and O–H groups in total. The molecule has 0 spiro atoms. The van der Waals surface area contributed by atoms with Gasteiger partial charge in [-0.2, -0.15) is 0 Å². The van der Waals surface area contributed by atoms with Crippen molar-refractivity contribution in [1.82, 2.24) is 0 Å². The second-order valence-corrected chi connectivity index (χ2v) is 5.54. The monoisotopic (exact) mass is 310 g/mol. The summed E-state index contributed by atoms with van der Waals surface area (Å²) in [5.74, 6) is 0.668. The first-order chi connectivity index (χ1) is 9.51. The van der Waals surface area contributed by atoms with E-state index < -0.39 is 6.10 Å². The molecule has 0 aliphatic heterocycles.